The summed E-state index contributed by atoms with van der Waals surface area (Å²) in [6.07, 6.45) is 7.43. The third kappa shape index (κ3) is 6.62. The highest BCUT2D eigenvalue weighted by Crippen LogP contribution is 2.19. The van der Waals surface area contributed by atoms with Crippen molar-refractivity contribution < 1.29 is 9.59 Å². The monoisotopic (exact) mass is 296 g/mol. The Kier molecular flexibility index (Phi) is 7.82. The molecule has 1 unspecified atom stereocenters. The van der Waals surface area contributed by atoms with E-state index in [0.29, 0.717) is 6.54 Å². The van der Waals surface area contributed by atoms with E-state index in [1.807, 2.05) is 30.0 Å². The highest BCUT2D eigenvalue weighted by molar-refractivity contribution is 5.87. The molecule has 1 aliphatic rings. The summed E-state index contributed by atoms with van der Waals surface area (Å²) in [5.74, 6) is -0.0702. The molecule has 1 saturated heterocycles. The average Bonchev–Trinajstić information content (AvgIpc) is 2.46. The Hall–Kier alpha value is -1.56. The van der Waals surface area contributed by atoms with Crippen LogP contribution >= 0.6 is 0 Å². The molecule has 0 aliphatic carbocycles. The summed E-state index contributed by atoms with van der Waals surface area (Å²) in [7, 11) is 5.57. The molecule has 21 heavy (non-hydrogen) atoms. The molecule has 1 aliphatic heterocycles. The molecule has 6 heteroatoms. The molecule has 6 nitrogen and oxygen atoms in total. The zero-order valence-corrected chi connectivity index (χ0v) is 13.4. The Morgan fingerprint density at radius 3 is 2.76 bits per heavy atom. The number of carbonyl (C=O) groups excluding carboxylic acids is 2. The largest absolute Gasteiger partial charge is 0.352 e. The zero-order valence-electron chi connectivity index (χ0n) is 13.4. The Balaban J connectivity index is 2.31. The van der Waals surface area contributed by atoms with Gasteiger partial charge in [-0.1, -0.05) is 6.08 Å². The second-order valence-corrected chi connectivity index (χ2v) is 5.64. The number of piperidine rings is 1. The van der Waals surface area contributed by atoms with E-state index < -0.39 is 0 Å². The van der Waals surface area contributed by atoms with Crippen molar-refractivity contribution in [1.29, 1.82) is 0 Å². The van der Waals surface area contributed by atoms with Crippen LogP contribution in [-0.2, 0) is 4.79 Å². The van der Waals surface area contributed by atoms with E-state index in [4.69, 9.17) is 0 Å². The van der Waals surface area contributed by atoms with E-state index in [0.717, 1.165) is 38.8 Å². The normalized spacial score (nSPS) is 19.0. The molecular formula is C15H28N4O2. The fourth-order valence-corrected chi connectivity index (χ4v) is 2.50. The van der Waals surface area contributed by atoms with E-state index in [-0.39, 0.29) is 18.0 Å². The van der Waals surface area contributed by atoms with Gasteiger partial charge in [0, 0.05) is 38.8 Å². The highest BCUT2D eigenvalue weighted by atomic mass is 16.2. The number of likely N-dealkylation sites (N-methyl/N-ethyl adjacent to an activating group) is 1. The van der Waals surface area contributed by atoms with Gasteiger partial charge in [0.05, 0.1) is 0 Å². The first-order chi connectivity index (χ1) is 10.0. The lowest BCUT2D eigenvalue weighted by atomic mass is 10.00. The predicted molar refractivity (Wildman–Crippen MR) is 84.1 cm³/mol. The molecule has 1 rings (SSSR count). The lowest BCUT2D eigenvalue weighted by Crippen LogP contribution is -2.48. The first-order valence-electron chi connectivity index (χ1n) is 7.62. The quantitative estimate of drug-likeness (QED) is 0.713. The Labute approximate surface area is 127 Å². The standard InChI is InChI=1S/C15H28N4O2/c1-16-15(21)19-12-5-4-7-13(19)9-10-17-14(20)8-6-11-18(2)3/h6,8,13H,4-5,7,9-12H2,1-3H3,(H,16,21)(H,17,20)/b8-6+. The van der Waals surface area contributed by atoms with Gasteiger partial charge in [0.25, 0.3) is 0 Å². The van der Waals surface area contributed by atoms with Crippen molar-refractivity contribution >= 4 is 11.9 Å². The number of nitrogens with zero attached hydrogens (tertiary/aromatic N) is 2. The smallest absolute Gasteiger partial charge is 0.317 e. The highest BCUT2D eigenvalue weighted by Gasteiger charge is 2.25. The van der Waals surface area contributed by atoms with Gasteiger partial charge < -0.3 is 20.4 Å². The second-order valence-electron chi connectivity index (χ2n) is 5.64. The Morgan fingerprint density at radius 1 is 1.33 bits per heavy atom. The zero-order chi connectivity index (χ0) is 15.7. The molecule has 0 bridgehead atoms. The summed E-state index contributed by atoms with van der Waals surface area (Å²) >= 11 is 0. The molecule has 0 spiro atoms. The maximum absolute atomic E-state index is 11.8. The lowest BCUT2D eigenvalue weighted by molar-refractivity contribution is -0.116. The molecule has 0 saturated carbocycles. The van der Waals surface area contributed by atoms with Crippen LogP contribution in [0.3, 0.4) is 0 Å². The molecule has 0 aromatic rings. The van der Waals surface area contributed by atoms with Gasteiger partial charge in [-0.2, -0.15) is 0 Å². The van der Waals surface area contributed by atoms with Crippen LogP contribution in [0.4, 0.5) is 4.79 Å². The molecule has 1 heterocycles. The average molecular weight is 296 g/mol. The van der Waals surface area contributed by atoms with E-state index >= 15 is 0 Å². The van der Waals surface area contributed by atoms with Crippen molar-refractivity contribution in [2.24, 2.45) is 0 Å². The molecule has 0 radical (unpaired) electrons. The van der Waals surface area contributed by atoms with Crippen molar-refractivity contribution in [1.82, 2.24) is 20.4 Å². The number of amides is 3. The van der Waals surface area contributed by atoms with Crippen LogP contribution in [0.1, 0.15) is 25.7 Å². The number of rotatable bonds is 6. The third-order valence-corrected chi connectivity index (χ3v) is 3.62. The number of nitrogens with one attached hydrogen (secondary N) is 2. The fourth-order valence-electron chi connectivity index (χ4n) is 2.50. The van der Waals surface area contributed by atoms with Crippen molar-refractivity contribution in [3.63, 3.8) is 0 Å². The summed E-state index contributed by atoms with van der Waals surface area (Å²) in [5.41, 5.74) is 0. The Bertz CT molecular complexity index is 369. The molecule has 0 aromatic heterocycles. The maximum Gasteiger partial charge on any atom is 0.317 e. The van der Waals surface area contributed by atoms with Crippen molar-refractivity contribution in [2.75, 3.05) is 40.8 Å². The summed E-state index contributed by atoms with van der Waals surface area (Å²) in [5, 5.41) is 5.56. The van der Waals surface area contributed by atoms with E-state index in [2.05, 4.69) is 10.6 Å². The molecule has 2 N–H and O–H groups in total. The van der Waals surface area contributed by atoms with Crippen LogP contribution in [0, 0.1) is 0 Å². The van der Waals surface area contributed by atoms with Gasteiger partial charge in [-0.3, -0.25) is 4.79 Å². The number of hydrogen-bond acceptors (Lipinski definition) is 3. The lowest BCUT2D eigenvalue weighted by Gasteiger charge is -2.35. The minimum Gasteiger partial charge on any atom is -0.352 e. The van der Waals surface area contributed by atoms with Gasteiger partial charge in [0.15, 0.2) is 0 Å². The van der Waals surface area contributed by atoms with Gasteiger partial charge in [-0.15, -0.1) is 0 Å². The third-order valence-electron chi connectivity index (χ3n) is 3.62. The minimum absolute atomic E-state index is 0.0168. The van der Waals surface area contributed by atoms with Gasteiger partial charge in [0.1, 0.15) is 0 Å². The summed E-state index contributed by atoms with van der Waals surface area (Å²) in [4.78, 5) is 27.3. The molecule has 1 fully saturated rings. The Morgan fingerprint density at radius 2 is 2.10 bits per heavy atom. The first-order valence-corrected chi connectivity index (χ1v) is 7.62. The van der Waals surface area contributed by atoms with E-state index in [1.54, 1.807) is 13.1 Å². The van der Waals surface area contributed by atoms with Crippen LogP contribution in [0.25, 0.3) is 0 Å². The van der Waals surface area contributed by atoms with Crippen LogP contribution in [-0.4, -0.2) is 68.6 Å². The number of urea groups is 1. The summed E-state index contributed by atoms with van der Waals surface area (Å²) in [6, 6.07) is 0.210. The van der Waals surface area contributed by atoms with Crippen LogP contribution < -0.4 is 10.6 Å². The van der Waals surface area contributed by atoms with Crippen LogP contribution in [0.15, 0.2) is 12.2 Å². The predicted octanol–water partition coefficient (Wildman–Crippen LogP) is 0.804. The molecule has 1 atom stereocenters. The van der Waals surface area contributed by atoms with E-state index in [9.17, 15) is 9.59 Å². The molecular weight excluding hydrogens is 268 g/mol. The number of carbonyl (C=O) groups is 2. The van der Waals surface area contributed by atoms with Gasteiger partial charge in [0.2, 0.25) is 5.91 Å². The fraction of sp³-hybridized carbons (Fsp3) is 0.733. The van der Waals surface area contributed by atoms with Gasteiger partial charge >= 0.3 is 6.03 Å². The minimum atomic E-state index is -0.0702. The summed E-state index contributed by atoms with van der Waals surface area (Å²) in [6.45, 7) is 2.16. The maximum atomic E-state index is 11.8. The van der Waals surface area contributed by atoms with Crippen molar-refractivity contribution in [3.8, 4) is 0 Å². The number of likely N-dealkylation sites (tertiary alicyclic amines) is 1. The molecule has 3 amide bonds. The van der Waals surface area contributed by atoms with Crippen molar-refractivity contribution in [3.05, 3.63) is 12.2 Å². The first kappa shape index (κ1) is 17.5. The molecule has 120 valence electrons. The molecule has 0 aromatic carbocycles. The van der Waals surface area contributed by atoms with Crippen molar-refractivity contribution in [2.45, 2.75) is 31.7 Å². The topological polar surface area (TPSA) is 64.7 Å². The SMILES string of the molecule is CNC(=O)N1CCCCC1CCNC(=O)/C=C/CN(C)C. The van der Waals surface area contributed by atoms with Gasteiger partial charge in [-0.25, -0.2) is 4.79 Å². The van der Waals surface area contributed by atoms with Crippen LogP contribution in [0.5, 0.6) is 0 Å². The second kappa shape index (κ2) is 9.39. The number of hydrogen-bond donors (Lipinski definition) is 2. The van der Waals surface area contributed by atoms with Gasteiger partial charge in [-0.05, 0) is 39.8 Å². The van der Waals surface area contributed by atoms with Crippen LogP contribution in [0.2, 0.25) is 0 Å². The summed E-state index contributed by atoms with van der Waals surface area (Å²) < 4.78 is 0. The van der Waals surface area contributed by atoms with E-state index in [1.165, 1.54) is 0 Å².